The summed E-state index contributed by atoms with van der Waals surface area (Å²) in [4.78, 5) is 23.1. The third kappa shape index (κ3) is 8.66. The molecule has 1 spiro atoms. The van der Waals surface area contributed by atoms with E-state index < -0.39 is 29.6 Å². The number of hydrogen-bond acceptors (Lipinski definition) is 9. The molecule has 3 heterocycles. The van der Waals surface area contributed by atoms with Gasteiger partial charge in [-0.25, -0.2) is 4.79 Å². The van der Waals surface area contributed by atoms with Crippen LogP contribution in [0.3, 0.4) is 0 Å². The Labute approximate surface area is 274 Å². The second-order valence-electron chi connectivity index (χ2n) is 14.2. The molecule has 10 atom stereocenters. The molecule has 10 unspecified atom stereocenters. The minimum atomic E-state index is -1.35. The second-order valence-corrected chi connectivity index (χ2v) is 14.2. The first-order valence-electron chi connectivity index (χ1n) is 16.8. The van der Waals surface area contributed by atoms with E-state index in [2.05, 4.69) is 39.8 Å². The molecule has 9 nitrogen and oxygen atoms in total. The van der Waals surface area contributed by atoms with E-state index in [4.69, 9.17) is 23.7 Å². The number of carbonyl (C=O) groups is 2. The molecular weight excluding hydrogens is 588 g/mol. The van der Waals surface area contributed by atoms with Crippen LogP contribution in [0.4, 0.5) is 0 Å². The molecule has 3 aliphatic heterocycles. The van der Waals surface area contributed by atoms with Crippen LogP contribution in [0.2, 0.25) is 0 Å². The van der Waals surface area contributed by atoms with Crippen molar-refractivity contribution >= 4 is 12.4 Å². The van der Waals surface area contributed by atoms with Crippen molar-refractivity contribution in [3.63, 3.8) is 0 Å². The van der Waals surface area contributed by atoms with Crippen LogP contribution >= 0.6 is 0 Å². The Kier molecular flexibility index (Phi) is 12.3. The minimum Gasteiger partial charge on any atom is -0.464 e. The molecule has 0 aromatic heterocycles. The molecule has 256 valence electrons. The molecule has 0 amide bonds. The summed E-state index contributed by atoms with van der Waals surface area (Å²) in [5.74, 6) is -0.790. The first-order chi connectivity index (χ1) is 21.8. The lowest BCUT2D eigenvalue weighted by Crippen LogP contribution is -2.54. The average molecular weight is 643 g/mol. The van der Waals surface area contributed by atoms with Crippen molar-refractivity contribution in [1.29, 1.82) is 0 Å². The molecule has 1 aliphatic carbocycles. The predicted molar refractivity (Wildman–Crippen MR) is 174 cm³/mol. The van der Waals surface area contributed by atoms with Gasteiger partial charge in [-0.05, 0) is 69.9 Å². The first kappa shape index (κ1) is 36.3. The lowest BCUT2D eigenvalue weighted by atomic mass is 9.71. The van der Waals surface area contributed by atoms with E-state index in [9.17, 15) is 19.8 Å². The number of rotatable bonds is 11. The van der Waals surface area contributed by atoms with E-state index in [1.807, 2.05) is 32.9 Å². The van der Waals surface area contributed by atoms with Crippen LogP contribution in [0.5, 0.6) is 0 Å². The fourth-order valence-electron chi connectivity index (χ4n) is 7.21. The van der Waals surface area contributed by atoms with Gasteiger partial charge in [-0.2, -0.15) is 0 Å². The summed E-state index contributed by atoms with van der Waals surface area (Å²) in [5, 5.41) is 22.7. The highest BCUT2D eigenvalue weighted by Crippen LogP contribution is 2.45. The maximum absolute atomic E-state index is 12.0. The van der Waals surface area contributed by atoms with Gasteiger partial charge in [0, 0.05) is 31.3 Å². The van der Waals surface area contributed by atoms with Crippen molar-refractivity contribution in [3.8, 4) is 0 Å². The van der Waals surface area contributed by atoms with Crippen LogP contribution in [0, 0.1) is 17.8 Å². The molecule has 0 saturated carbocycles. The molecule has 3 saturated heterocycles. The van der Waals surface area contributed by atoms with E-state index in [-0.39, 0.29) is 43.4 Å². The Morgan fingerprint density at radius 1 is 1.20 bits per heavy atom. The minimum absolute atomic E-state index is 0.0551. The Morgan fingerprint density at radius 2 is 1.96 bits per heavy atom. The summed E-state index contributed by atoms with van der Waals surface area (Å²) in [7, 11) is 0. The number of esters is 1. The quantitative estimate of drug-likeness (QED) is 0.127. The SMILES string of the molecule is CC(C)=CC(=O)OCC1=CC(C)C2(O)C(=CC=CC(C)CC(C)=CCC3CC(OC=O)CC4(CCC(C)C(C)O4)O3)COC2C1O. The molecule has 4 rings (SSSR count). The van der Waals surface area contributed by atoms with Crippen molar-refractivity contribution in [2.75, 3.05) is 13.2 Å². The Morgan fingerprint density at radius 3 is 2.65 bits per heavy atom. The maximum Gasteiger partial charge on any atom is 0.331 e. The predicted octanol–water partition coefficient (Wildman–Crippen LogP) is 5.66. The van der Waals surface area contributed by atoms with Gasteiger partial charge in [-0.3, -0.25) is 4.79 Å². The summed E-state index contributed by atoms with van der Waals surface area (Å²) in [6.45, 7) is 14.7. The summed E-state index contributed by atoms with van der Waals surface area (Å²) in [6.07, 6.45) is 13.8. The molecular formula is C37H54O9. The van der Waals surface area contributed by atoms with Gasteiger partial charge >= 0.3 is 5.97 Å². The van der Waals surface area contributed by atoms with Gasteiger partial charge in [0.2, 0.25) is 0 Å². The second kappa shape index (κ2) is 15.6. The first-order valence-corrected chi connectivity index (χ1v) is 16.8. The molecule has 2 N–H and O–H groups in total. The summed E-state index contributed by atoms with van der Waals surface area (Å²) < 4.78 is 29.5. The third-order valence-corrected chi connectivity index (χ3v) is 9.97. The molecule has 0 bridgehead atoms. The zero-order chi connectivity index (χ0) is 33.6. The fourth-order valence-corrected chi connectivity index (χ4v) is 7.21. The lowest BCUT2D eigenvalue weighted by Gasteiger charge is -2.48. The number of fused-ring (bicyclic) bond motifs is 1. The van der Waals surface area contributed by atoms with Crippen molar-refractivity contribution in [2.45, 2.75) is 129 Å². The van der Waals surface area contributed by atoms with Gasteiger partial charge in [0.05, 0.1) is 18.8 Å². The zero-order valence-corrected chi connectivity index (χ0v) is 28.6. The Balaban J connectivity index is 1.33. The van der Waals surface area contributed by atoms with Crippen LogP contribution in [-0.4, -0.2) is 77.8 Å². The molecule has 4 aliphatic rings. The topological polar surface area (TPSA) is 121 Å². The smallest absolute Gasteiger partial charge is 0.331 e. The van der Waals surface area contributed by atoms with Gasteiger partial charge < -0.3 is 33.9 Å². The number of hydrogen-bond donors (Lipinski definition) is 2. The number of aliphatic hydroxyl groups is 2. The van der Waals surface area contributed by atoms with Gasteiger partial charge in [0.1, 0.15) is 30.5 Å². The third-order valence-electron chi connectivity index (χ3n) is 9.97. The number of carbonyl (C=O) groups excluding carboxylic acids is 2. The monoisotopic (exact) mass is 642 g/mol. The van der Waals surface area contributed by atoms with E-state index in [1.54, 1.807) is 6.08 Å². The van der Waals surface area contributed by atoms with Crippen molar-refractivity contribution < 1.29 is 43.5 Å². The maximum atomic E-state index is 12.0. The van der Waals surface area contributed by atoms with E-state index in [1.165, 1.54) is 11.6 Å². The van der Waals surface area contributed by atoms with Gasteiger partial charge in [-0.15, -0.1) is 0 Å². The van der Waals surface area contributed by atoms with Crippen LogP contribution in [-0.2, 0) is 33.3 Å². The number of aliphatic hydroxyl groups excluding tert-OH is 1. The lowest BCUT2D eigenvalue weighted by molar-refractivity contribution is -0.331. The van der Waals surface area contributed by atoms with E-state index in [0.717, 1.165) is 31.3 Å². The molecule has 46 heavy (non-hydrogen) atoms. The molecule has 0 aromatic rings. The summed E-state index contributed by atoms with van der Waals surface area (Å²) in [5.41, 5.74) is 1.96. The van der Waals surface area contributed by atoms with E-state index in [0.29, 0.717) is 36.4 Å². The Bertz CT molecular complexity index is 1240. The standard InChI is InChI=1S/C37H54O9/c1-23(2)15-33(39)42-20-29-17-27(6)37(41)30(21-43-35(37)34(29)40)10-8-9-24(3)16-25(4)11-12-31-18-32(44-22-38)19-36(46-31)14-13-26(5)28(7)45-36/h8-11,15,17,22,24,26-28,31-32,34-35,40-41H,12-14,16,18-21H2,1-7H3. The van der Waals surface area contributed by atoms with E-state index >= 15 is 0 Å². The average Bonchev–Trinajstić information content (AvgIpc) is 3.32. The molecule has 0 radical (unpaired) electrons. The van der Waals surface area contributed by atoms with Crippen LogP contribution in [0.1, 0.15) is 87.0 Å². The molecule has 9 heteroatoms. The summed E-state index contributed by atoms with van der Waals surface area (Å²) in [6, 6.07) is 0. The molecule has 0 aromatic carbocycles. The Hall–Kier alpha value is -2.56. The highest BCUT2D eigenvalue weighted by atomic mass is 16.7. The van der Waals surface area contributed by atoms with Gasteiger partial charge in [0.15, 0.2) is 5.79 Å². The largest absolute Gasteiger partial charge is 0.464 e. The van der Waals surface area contributed by atoms with Crippen molar-refractivity contribution in [1.82, 2.24) is 0 Å². The van der Waals surface area contributed by atoms with Crippen LogP contribution in [0.15, 0.2) is 58.7 Å². The van der Waals surface area contributed by atoms with Crippen molar-refractivity contribution in [2.24, 2.45) is 17.8 Å². The van der Waals surface area contributed by atoms with Crippen molar-refractivity contribution in [3.05, 3.63) is 58.7 Å². The number of ether oxygens (including phenoxy) is 5. The van der Waals surface area contributed by atoms with Gasteiger partial charge in [-0.1, -0.05) is 62.3 Å². The zero-order valence-electron chi connectivity index (χ0n) is 28.6. The van der Waals surface area contributed by atoms with Gasteiger partial charge in [0.25, 0.3) is 6.47 Å². The van der Waals surface area contributed by atoms with Crippen LogP contribution in [0.25, 0.3) is 0 Å². The van der Waals surface area contributed by atoms with Crippen LogP contribution < -0.4 is 0 Å². The normalized spacial score (nSPS) is 37.9. The summed E-state index contributed by atoms with van der Waals surface area (Å²) >= 11 is 0. The molecule has 3 fully saturated rings. The highest BCUT2D eigenvalue weighted by molar-refractivity contribution is 5.82. The number of allylic oxidation sites excluding steroid dienone is 5. The highest BCUT2D eigenvalue weighted by Gasteiger charge is 2.55. The fraction of sp³-hybridized carbons (Fsp3) is 0.676.